The zero-order chi connectivity index (χ0) is 7.70. The first-order valence-corrected chi connectivity index (χ1v) is 4.07. The van der Waals surface area contributed by atoms with E-state index in [4.69, 9.17) is 5.11 Å². The summed E-state index contributed by atoms with van der Waals surface area (Å²) in [4.78, 5) is 0. The van der Waals surface area contributed by atoms with Gasteiger partial charge in [-0.05, 0) is 19.3 Å². The third-order valence-corrected chi connectivity index (χ3v) is 1.07. The van der Waals surface area contributed by atoms with E-state index in [1.165, 1.54) is 6.42 Å². The standard InChI is InChI=1S/C4H8O.2C2H6/c5-4-2-1-3-4;2*1-2/h4-5H,1-3H2;2*1-2H3. The van der Waals surface area contributed by atoms with Crippen molar-refractivity contribution in [2.75, 3.05) is 0 Å². The minimum absolute atomic E-state index is 0.0648. The van der Waals surface area contributed by atoms with E-state index < -0.39 is 0 Å². The third-order valence-electron chi connectivity index (χ3n) is 1.07. The van der Waals surface area contributed by atoms with Crippen molar-refractivity contribution < 1.29 is 5.11 Å². The van der Waals surface area contributed by atoms with E-state index in [9.17, 15) is 0 Å². The Balaban J connectivity index is 0. The maximum Gasteiger partial charge on any atom is 0.0540 e. The van der Waals surface area contributed by atoms with Crippen LogP contribution in [0, 0.1) is 0 Å². The SMILES string of the molecule is CC.CC.OC1CCC1. The minimum Gasteiger partial charge on any atom is -0.393 e. The molecule has 1 heteroatoms. The summed E-state index contributed by atoms with van der Waals surface area (Å²) < 4.78 is 0. The van der Waals surface area contributed by atoms with Crippen LogP contribution in [0.5, 0.6) is 0 Å². The molecule has 1 N–H and O–H groups in total. The van der Waals surface area contributed by atoms with Crippen LogP contribution in [0.25, 0.3) is 0 Å². The molecule has 1 nitrogen and oxygen atoms in total. The molecule has 0 bridgehead atoms. The maximum atomic E-state index is 8.45. The molecule has 9 heavy (non-hydrogen) atoms. The van der Waals surface area contributed by atoms with Gasteiger partial charge in [0.2, 0.25) is 0 Å². The van der Waals surface area contributed by atoms with Crippen molar-refractivity contribution in [3.05, 3.63) is 0 Å². The number of rotatable bonds is 0. The Morgan fingerprint density at radius 2 is 1.22 bits per heavy atom. The zero-order valence-electron chi connectivity index (χ0n) is 7.15. The smallest absolute Gasteiger partial charge is 0.0540 e. The average Bonchev–Trinajstić information content (AvgIpc) is 1.93. The molecule has 0 heterocycles. The van der Waals surface area contributed by atoms with E-state index in [2.05, 4.69) is 0 Å². The molecule has 0 aromatic heterocycles. The Bertz CT molecular complexity index is 31.5. The lowest BCUT2D eigenvalue weighted by atomic mass is 9.97. The molecular weight excluding hydrogens is 112 g/mol. The third kappa shape index (κ3) is 7.96. The van der Waals surface area contributed by atoms with Gasteiger partial charge in [-0.3, -0.25) is 0 Å². The Hall–Kier alpha value is -0.0400. The number of hydrogen-bond donors (Lipinski definition) is 1. The number of hydrogen-bond acceptors (Lipinski definition) is 1. The molecule has 1 aliphatic carbocycles. The molecule has 0 amide bonds. The van der Waals surface area contributed by atoms with Crippen molar-refractivity contribution in [3.8, 4) is 0 Å². The van der Waals surface area contributed by atoms with Gasteiger partial charge in [-0.2, -0.15) is 0 Å². The van der Waals surface area contributed by atoms with Crippen LogP contribution < -0.4 is 0 Å². The van der Waals surface area contributed by atoms with Crippen molar-refractivity contribution in [1.29, 1.82) is 0 Å². The second kappa shape index (κ2) is 10.9. The van der Waals surface area contributed by atoms with Crippen LogP contribution in [0.15, 0.2) is 0 Å². The Morgan fingerprint density at radius 1 is 1.00 bits per heavy atom. The topological polar surface area (TPSA) is 20.2 Å². The van der Waals surface area contributed by atoms with Crippen LogP contribution in [0.4, 0.5) is 0 Å². The average molecular weight is 132 g/mol. The quantitative estimate of drug-likeness (QED) is 0.537. The molecule has 0 atom stereocenters. The molecule has 0 aromatic carbocycles. The van der Waals surface area contributed by atoms with Gasteiger partial charge in [-0.15, -0.1) is 0 Å². The zero-order valence-corrected chi connectivity index (χ0v) is 7.15. The van der Waals surface area contributed by atoms with Crippen LogP contribution in [0.3, 0.4) is 0 Å². The normalized spacial score (nSPS) is 15.7. The van der Waals surface area contributed by atoms with Gasteiger partial charge in [-0.1, -0.05) is 27.7 Å². The van der Waals surface area contributed by atoms with Crippen LogP contribution in [-0.2, 0) is 0 Å². The van der Waals surface area contributed by atoms with Gasteiger partial charge in [0.05, 0.1) is 6.10 Å². The lowest BCUT2D eigenvalue weighted by Gasteiger charge is -2.17. The summed E-state index contributed by atoms with van der Waals surface area (Å²) in [6.07, 6.45) is 3.39. The van der Waals surface area contributed by atoms with Crippen molar-refractivity contribution in [1.82, 2.24) is 0 Å². The molecular formula is C8H20O. The minimum atomic E-state index is 0.0648. The van der Waals surface area contributed by atoms with E-state index in [-0.39, 0.29) is 6.10 Å². The highest BCUT2D eigenvalue weighted by atomic mass is 16.3. The van der Waals surface area contributed by atoms with E-state index in [1.807, 2.05) is 27.7 Å². The van der Waals surface area contributed by atoms with E-state index in [0.29, 0.717) is 0 Å². The molecule has 1 fully saturated rings. The van der Waals surface area contributed by atoms with Gasteiger partial charge in [0.1, 0.15) is 0 Å². The van der Waals surface area contributed by atoms with E-state index >= 15 is 0 Å². The fourth-order valence-corrected chi connectivity index (χ4v) is 0.387. The van der Waals surface area contributed by atoms with E-state index in [1.54, 1.807) is 0 Å². The highest BCUT2D eigenvalue weighted by Gasteiger charge is 2.11. The number of aliphatic hydroxyl groups excluding tert-OH is 1. The summed E-state index contributed by atoms with van der Waals surface area (Å²) in [5, 5.41) is 8.45. The molecule has 0 aliphatic heterocycles. The van der Waals surface area contributed by atoms with Gasteiger partial charge < -0.3 is 5.11 Å². The van der Waals surface area contributed by atoms with Gasteiger partial charge in [0.15, 0.2) is 0 Å². The van der Waals surface area contributed by atoms with Crippen molar-refractivity contribution in [3.63, 3.8) is 0 Å². The second-order valence-corrected chi connectivity index (χ2v) is 1.58. The monoisotopic (exact) mass is 132 g/mol. The van der Waals surface area contributed by atoms with Crippen molar-refractivity contribution >= 4 is 0 Å². The highest BCUT2D eigenvalue weighted by Crippen LogP contribution is 2.16. The Morgan fingerprint density at radius 3 is 1.22 bits per heavy atom. The van der Waals surface area contributed by atoms with Crippen LogP contribution >= 0.6 is 0 Å². The second-order valence-electron chi connectivity index (χ2n) is 1.58. The molecule has 58 valence electrons. The summed E-state index contributed by atoms with van der Waals surface area (Å²) in [6, 6.07) is 0. The maximum absolute atomic E-state index is 8.45. The predicted molar refractivity (Wildman–Crippen MR) is 42.6 cm³/mol. The lowest BCUT2D eigenvalue weighted by Crippen LogP contribution is -2.15. The molecule has 0 spiro atoms. The Labute approximate surface area is 59.1 Å². The predicted octanol–water partition coefficient (Wildman–Crippen LogP) is 2.58. The summed E-state index contributed by atoms with van der Waals surface area (Å²) in [7, 11) is 0. The highest BCUT2D eigenvalue weighted by molar-refractivity contribution is 4.65. The van der Waals surface area contributed by atoms with Gasteiger partial charge >= 0.3 is 0 Å². The van der Waals surface area contributed by atoms with Crippen LogP contribution in [0.1, 0.15) is 47.0 Å². The molecule has 0 unspecified atom stereocenters. The van der Waals surface area contributed by atoms with Crippen molar-refractivity contribution in [2.24, 2.45) is 0 Å². The van der Waals surface area contributed by atoms with Crippen LogP contribution in [-0.4, -0.2) is 11.2 Å². The largest absolute Gasteiger partial charge is 0.393 e. The first kappa shape index (κ1) is 11.7. The van der Waals surface area contributed by atoms with E-state index in [0.717, 1.165) is 12.8 Å². The fourth-order valence-electron chi connectivity index (χ4n) is 0.387. The molecule has 0 aromatic rings. The lowest BCUT2D eigenvalue weighted by molar-refractivity contribution is 0.0950. The summed E-state index contributed by atoms with van der Waals surface area (Å²) in [5.41, 5.74) is 0. The van der Waals surface area contributed by atoms with Gasteiger partial charge in [0, 0.05) is 0 Å². The summed E-state index contributed by atoms with van der Waals surface area (Å²) in [6.45, 7) is 8.00. The molecule has 1 rings (SSSR count). The molecule has 1 saturated carbocycles. The summed E-state index contributed by atoms with van der Waals surface area (Å²) in [5.74, 6) is 0. The van der Waals surface area contributed by atoms with Crippen molar-refractivity contribution in [2.45, 2.75) is 53.1 Å². The summed E-state index contributed by atoms with van der Waals surface area (Å²) >= 11 is 0. The fraction of sp³-hybridized carbons (Fsp3) is 1.00. The first-order chi connectivity index (χ1) is 4.39. The molecule has 0 saturated heterocycles. The number of aliphatic hydroxyl groups is 1. The Kier molecular flexibility index (Phi) is 14.1. The van der Waals surface area contributed by atoms with Gasteiger partial charge in [0.25, 0.3) is 0 Å². The first-order valence-electron chi connectivity index (χ1n) is 4.07. The van der Waals surface area contributed by atoms with Gasteiger partial charge in [-0.25, -0.2) is 0 Å². The molecule has 1 aliphatic rings. The molecule has 0 radical (unpaired) electrons. The van der Waals surface area contributed by atoms with Crippen LogP contribution in [0.2, 0.25) is 0 Å².